The van der Waals surface area contributed by atoms with Gasteiger partial charge in [0.25, 0.3) is 11.8 Å². The zero-order chi connectivity index (χ0) is 25.8. The van der Waals surface area contributed by atoms with E-state index in [1.54, 1.807) is 36.0 Å². The number of carboxylic acids is 1. The van der Waals surface area contributed by atoms with E-state index in [-0.39, 0.29) is 35.5 Å². The molecule has 2 aliphatic rings. The lowest BCUT2D eigenvalue weighted by Gasteiger charge is -2.50. The normalized spacial score (nSPS) is 19.4. The molecule has 36 heavy (non-hydrogen) atoms. The molecule has 2 aromatic rings. The first kappa shape index (κ1) is 25.4. The van der Waals surface area contributed by atoms with Crippen molar-refractivity contribution in [3.8, 4) is 5.75 Å². The number of pyridine rings is 1. The number of nitrogens with zero attached hydrogens (tertiary/aromatic N) is 5. The summed E-state index contributed by atoms with van der Waals surface area (Å²) in [5.41, 5.74) is 5.70. The number of nitrogens with two attached hydrogens (primary N) is 1. The van der Waals surface area contributed by atoms with Crippen LogP contribution in [0.25, 0.3) is 0 Å². The van der Waals surface area contributed by atoms with Crippen LogP contribution in [-0.4, -0.2) is 68.1 Å². The van der Waals surface area contributed by atoms with Crippen LogP contribution in [0.4, 0.5) is 5.13 Å². The summed E-state index contributed by atoms with van der Waals surface area (Å²) < 4.78 is 11.2. The highest BCUT2D eigenvalue weighted by Crippen LogP contribution is 2.40. The van der Waals surface area contributed by atoms with Crippen molar-refractivity contribution in [3.05, 3.63) is 41.6 Å². The molecule has 1 fully saturated rings. The number of ether oxygens (including phenoxy) is 1. The molecule has 2 aliphatic heterocycles. The molecular formula is C21H23N7O6S2. The molecule has 3 N–H and O–H groups in total. The number of nitrogens with one attached hydrogen (secondary N) is 1. The summed E-state index contributed by atoms with van der Waals surface area (Å²) in [7, 11) is 0. The molecule has 0 bridgehead atoms. The number of oxime groups is 1. The molecule has 1 saturated heterocycles. The summed E-state index contributed by atoms with van der Waals surface area (Å²) >= 11 is 2.22. The van der Waals surface area contributed by atoms with Gasteiger partial charge in [0.15, 0.2) is 24.1 Å². The number of fused-ring (bicyclic) bond motifs is 1. The van der Waals surface area contributed by atoms with Crippen LogP contribution in [0.3, 0.4) is 0 Å². The maximum atomic E-state index is 13.0. The molecule has 15 heteroatoms. The smallest absolute Gasteiger partial charge is 0.278 e. The number of hydrogen-bond donors (Lipinski definition) is 2. The Morgan fingerprint density at radius 3 is 2.69 bits per heavy atom. The molecule has 0 spiro atoms. The monoisotopic (exact) mass is 533 g/mol. The Kier molecular flexibility index (Phi) is 7.69. The van der Waals surface area contributed by atoms with Crippen molar-refractivity contribution in [1.82, 2.24) is 19.6 Å². The topological polar surface area (TPSA) is 176 Å². The van der Waals surface area contributed by atoms with Crippen LogP contribution in [0.2, 0.25) is 0 Å². The van der Waals surface area contributed by atoms with Gasteiger partial charge in [-0.1, -0.05) is 5.16 Å². The summed E-state index contributed by atoms with van der Waals surface area (Å²) in [5, 5.41) is 17.9. The van der Waals surface area contributed by atoms with Crippen LogP contribution in [0.5, 0.6) is 5.75 Å². The number of anilines is 1. The second-order valence-electron chi connectivity index (χ2n) is 7.55. The van der Waals surface area contributed by atoms with Crippen LogP contribution < -0.4 is 25.5 Å². The van der Waals surface area contributed by atoms with E-state index in [1.165, 1.54) is 11.8 Å². The zero-order valence-corrected chi connectivity index (χ0v) is 21.0. The lowest BCUT2D eigenvalue weighted by Crippen LogP contribution is -2.71. The fraction of sp³-hybridized carbons (Fsp3) is 0.381. The predicted octanol–water partition coefficient (Wildman–Crippen LogP) is -1.35. The average Bonchev–Trinajstić information content (AvgIpc) is 3.29. The van der Waals surface area contributed by atoms with Gasteiger partial charge in [-0.05, 0) is 13.8 Å². The molecule has 0 radical (unpaired) electrons. The van der Waals surface area contributed by atoms with E-state index in [9.17, 15) is 19.5 Å². The number of carbonyl (C=O) groups is 3. The molecule has 2 aromatic heterocycles. The van der Waals surface area contributed by atoms with Crippen molar-refractivity contribution in [2.75, 3.05) is 24.7 Å². The summed E-state index contributed by atoms with van der Waals surface area (Å²) in [6, 6.07) is 2.57. The second kappa shape index (κ2) is 10.9. The number of aromatic nitrogens is 3. The molecule has 0 saturated carbocycles. The summed E-state index contributed by atoms with van der Waals surface area (Å²) in [4.78, 5) is 48.0. The van der Waals surface area contributed by atoms with Gasteiger partial charge in [-0.3, -0.25) is 14.5 Å². The Balaban J connectivity index is 1.50. The molecule has 2 atom stereocenters. The first-order chi connectivity index (χ1) is 17.3. The van der Waals surface area contributed by atoms with Crippen LogP contribution in [0.15, 0.2) is 41.0 Å². The van der Waals surface area contributed by atoms with E-state index in [2.05, 4.69) is 19.8 Å². The molecule has 0 aliphatic carbocycles. The quantitative estimate of drug-likeness (QED) is 0.161. The largest absolute Gasteiger partial charge is 0.543 e. The number of β-lactam (4-membered cyclic amide) rings is 1. The number of carboxylic acid groups (broad SMARTS) is 1. The Labute approximate surface area is 214 Å². The fourth-order valence-electron chi connectivity index (χ4n) is 3.68. The summed E-state index contributed by atoms with van der Waals surface area (Å²) in [5.74, 6) is -1.78. The van der Waals surface area contributed by atoms with Crippen molar-refractivity contribution in [1.29, 1.82) is 0 Å². The number of rotatable bonds is 10. The number of hydrogen-bond acceptors (Lipinski definition) is 12. The van der Waals surface area contributed by atoms with Gasteiger partial charge in [-0.2, -0.15) is 9.36 Å². The minimum absolute atomic E-state index is 0.0339. The van der Waals surface area contributed by atoms with Crippen LogP contribution >= 0.6 is 23.3 Å². The third kappa shape index (κ3) is 5.11. The maximum absolute atomic E-state index is 13.0. The first-order valence-corrected chi connectivity index (χ1v) is 12.8. The van der Waals surface area contributed by atoms with E-state index in [4.69, 9.17) is 15.3 Å². The van der Waals surface area contributed by atoms with Gasteiger partial charge in [-0.25, -0.2) is 4.57 Å². The lowest BCUT2D eigenvalue weighted by atomic mass is 10.0. The predicted molar refractivity (Wildman–Crippen MR) is 127 cm³/mol. The van der Waals surface area contributed by atoms with Gasteiger partial charge in [0.1, 0.15) is 23.8 Å². The van der Waals surface area contributed by atoms with Gasteiger partial charge in [-0.15, -0.1) is 11.8 Å². The van der Waals surface area contributed by atoms with Gasteiger partial charge < -0.3 is 30.5 Å². The molecule has 1 unspecified atom stereocenters. The van der Waals surface area contributed by atoms with Gasteiger partial charge in [0, 0.05) is 35.0 Å². The summed E-state index contributed by atoms with van der Waals surface area (Å²) in [6.45, 7) is 4.54. The zero-order valence-electron chi connectivity index (χ0n) is 19.4. The van der Waals surface area contributed by atoms with Gasteiger partial charge >= 0.3 is 0 Å². The van der Waals surface area contributed by atoms with Crippen LogP contribution in [0, 0.1) is 0 Å². The second-order valence-corrected chi connectivity index (χ2v) is 9.44. The number of nitrogen functional groups attached to an aromatic ring is 1. The number of thioether (sulfide) groups is 1. The Bertz CT molecular complexity index is 1230. The van der Waals surface area contributed by atoms with E-state index in [0.717, 1.165) is 16.4 Å². The number of aliphatic carboxylic acids is 1. The van der Waals surface area contributed by atoms with Crippen molar-refractivity contribution >= 4 is 51.9 Å². The molecule has 4 heterocycles. The Hall–Kier alpha value is -3.72. The standard InChI is InChI=1S/C21H23N7O6S2/c1-3-33-12-5-7-27(8-6-12)9-11-10-35-19-14(18(30)28(19)15(11)20(31)32)23-17(29)13(25-34-4-2)16-24-21(22)36-26-16/h5-8,14,19H,3-4,9-10H2,1-2H3,(H3-,22,23,24,26,29,31,32)/t14?,19-/m1/s1. The first-order valence-electron chi connectivity index (χ1n) is 10.9. The lowest BCUT2D eigenvalue weighted by molar-refractivity contribution is -0.689. The van der Waals surface area contributed by atoms with E-state index >= 15 is 0 Å². The van der Waals surface area contributed by atoms with E-state index in [0.29, 0.717) is 23.7 Å². The van der Waals surface area contributed by atoms with E-state index in [1.807, 2.05) is 6.92 Å². The van der Waals surface area contributed by atoms with Crippen molar-refractivity contribution < 1.29 is 33.6 Å². The van der Waals surface area contributed by atoms with Crippen molar-refractivity contribution in [3.63, 3.8) is 0 Å². The van der Waals surface area contributed by atoms with Crippen molar-refractivity contribution in [2.45, 2.75) is 31.8 Å². The number of carbonyl (C=O) groups excluding carboxylic acids is 3. The molecule has 190 valence electrons. The molecule has 0 aromatic carbocycles. The van der Waals surface area contributed by atoms with Gasteiger partial charge in [0.2, 0.25) is 11.5 Å². The minimum atomic E-state index is -1.46. The maximum Gasteiger partial charge on any atom is 0.278 e. The van der Waals surface area contributed by atoms with Crippen LogP contribution in [0.1, 0.15) is 19.7 Å². The molecule has 13 nitrogen and oxygen atoms in total. The SMILES string of the molecule is CCON=C(C(=O)NC1C(=O)N2C(C(=O)[O-])=C(C[n+]3ccc(OCC)cc3)CS[C@H]12)c1nsc(N)n1. The highest BCUT2D eigenvalue weighted by molar-refractivity contribution is 8.00. The Morgan fingerprint density at radius 1 is 1.33 bits per heavy atom. The minimum Gasteiger partial charge on any atom is -0.543 e. The molecule has 4 rings (SSSR count). The highest BCUT2D eigenvalue weighted by Gasteiger charge is 2.53. The third-order valence-electron chi connectivity index (χ3n) is 5.23. The average molecular weight is 534 g/mol. The molecule has 2 amide bonds. The summed E-state index contributed by atoms with van der Waals surface area (Å²) in [6.07, 6.45) is 3.53. The van der Waals surface area contributed by atoms with E-state index < -0.39 is 29.2 Å². The third-order valence-corrected chi connectivity index (χ3v) is 7.11. The van der Waals surface area contributed by atoms with Crippen molar-refractivity contribution in [2.24, 2.45) is 5.16 Å². The van der Waals surface area contributed by atoms with Gasteiger partial charge in [0.05, 0.1) is 18.3 Å². The highest BCUT2D eigenvalue weighted by atomic mass is 32.2. The fourth-order valence-corrected chi connectivity index (χ4v) is 5.45. The molecular weight excluding hydrogens is 510 g/mol. The van der Waals surface area contributed by atoms with Crippen LogP contribution in [-0.2, 0) is 25.8 Å². The number of amides is 2. The Morgan fingerprint density at radius 2 is 2.08 bits per heavy atom.